The maximum Gasteiger partial charge on any atom is 0.307 e. The fourth-order valence-electron chi connectivity index (χ4n) is 4.41. The molecule has 0 saturated heterocycles. The van der Waals surface area contributed by atoms with Crippen LogP contribution in [-0.2, 0) is 9.59 Å². The monoisotopic (exact) mass is 335 g/mol. The summed E-state index contributed by atoms with van der Waals surface area (Å²) < 4.78 is 27.0. The number of amides is 1. The number of carbonyl (C=O) groups is 2. The number of carboxylic acid groups (broad SMARTS) is 1. The van der Waals surface area contributed by atoms with Crippen molar-refractivity contribution in [3.05, 3.63) is 41.0 Å². The molecule has 2 fully saturated rings. The lowest BCUT2D eigenvalue weighted by Crippen LogP contribution is -2.38. The first-order valence-corrected chi connectivity index (χ1v) is 7.97. The van der Waals surface area contributed by atoms with Crippen molar-refractivity contribution in [3.63, 3.8) is 0 Å². The first-order chi connectivity index (χ1) is 11.3. The molecular weight excluding hydrogens is 316 g/mol. The number of nitrogens with one attached hydrogen (secondary N) is 1. The number of carboxylic acids is 1. The largest absolute Gasteiger partial charge is 0.481 e. The number of rotatable bonds is 3. The van der Waals surface area contributed by atoms with E-state index in [1.165, 1.54) is 0 Å². The van der Waals surface area contributed by atoms with E-state index in [2.05, 4.69) is 5.32 Å². The van der Waals surface area contributed by atoms with Crippen LogP contribution in [0.25, 0.3) is 0 Å². The smallest absolute Gasteiger partial charge is 0.307 e. The van der Waals surface area contributed by atoms with Crippen molar-refractivity contribution in [2.45, 2.75) is 26.7 Å². The highest BCUT2D eigenvalue weighted by Gasteiger charge is 2.57. The van der Waals surface area contributed by atoms with Crippen LogP contribution in [0.2, 0.25) is 0 Å². The third-order valence-corrected chi connectivity index (χ3v) is 5.19. The lowest BCUT2D eigenvalue weighted by Gasteiger charge is -2.26. The molecule has 0 aromatic heterocycles. The molecule has 2 aliphatic rings. The number of anilines is 1. The Hall–Kier alpha value is -2.24. The predicted molar refractivity (Wildman–Crippen MR) is 84.2 cm³/mol. The standard InChI is InChI=1S/C18H19F2NO3/c1-8(2)14-10-4-5-11(14)16(18(23)24)15(10)17(22)21-13-7-9(19)3-6-12(13)20/h3,6-7,10-11,15-16H,4-5H2,1-2H3,(H,21,22)(H,23,24)/t10-,11-,15+,16-/m1/s1. The Bertz CT molecular complexity index is 740. The Morgan fingerprint density at radius 1 is 1.12 bits per heavy atom. The Labute approximate surface area is 138 Å². The summed E-state index contributed by atoms with van der Waals surface area (Å²) in [4.78, 5) is 24.4. The number of carbonyl (C=O) groups excluding carboxylic acids is 1. The van der Waals surface area contributed by atoms with Gasteiger partial charge in [0.1, 0.15) is 11.6 Å². The molecule has 0 heterocycles. The van der Waals surface area contributed by atoms with Gasteiger partial charge in [-0.1, -0.05) is 11.1 Å². The molecule has 2 saturated carbocycles. The fraction of sp³-hybridized carbons (Fsp3) is 0.444. The van der Waals surface area contributed by atoms with Crippen LogP contribution in [0.5, 0.6) is 0 Å². The Kier molecular flexibility index (Phi) is 4.15. The van der Waals surface area contributed by atoms with Gasteiger partial charge in [0.25, 0.3) is 0 Å². The van der Waals surface area contributed by atoms with Crippen LogP contribution >= 0.6 is 0 Å². The van der Waals surface area contributed by atoms with Gasteiger partial charge in [-0.25, -0.2) is 8.78 Å². The minimum atomic E-state index is -1.01. The van der Waals surface area contributed by atoms with Crippen molar-refractivity contribution in [1.82, 2.24) is 0 Å². The minimum absolute atomic E-state index is 0.141. The van der Waals surface area contributed by atoms with Gasteiger partial charge in [0.05, 0.1) is 17.5 Å². The van der Waals surface area contributed by atoms with Crippen molar-refractivity contribution in [3.8, 4) is 0 Å². The minimum Gasteiger partial charge on any atom is -0.481 e. The first-order valence-electron chi connectivity index (χ1n) is 7.97. The van der Waals surface area contributed by atoms with Crippen LogP contribution in [0, 0.1) is 35.3 Å². The highest BCUT2D eigenvalue weighted by atomic mass is 19.1. The van der Waals surface area contributed by atoms with Gasteiger partial charge in [0.2, 0.25) is 5.91 Å². The second-order valence-electron chi connectivity index (χ2n) is 6.75. The molecule has 24 heavy (non-hydrogen) atoms. The molecule has 128 valence electrons. The molecule has 0 spiro atoms. The van der Waals surface area contributed by atoms with Gasteiger partial charge < -0.3 is 10.4 Å². The quantitative estimate of drug-likeness (QED) is 0.830. The van der Waals surface area contributed by atoms with Crippen LogP contribution < -0.4 is 5.32 Å². The van der Waals surface area contributed by atoms with Crippen LogP contribution in [0.15, 0.2) is 29.3 Å². The Morgan fingerprint density at radius 3 is 2.33 bits per heavy atom. The zero-order valence-corrected chi connectivity index (χ0v) is 13.5. The summed E-state index contributed by atoms with van der Waals surface area (Å²) in [6.07, 6.45) is 1.50. The summed E-state index contributed by atoms with van der Waals surface area (Å²) in [5.41, 5.74) is 1.83. The lowest BCUT2D eigenvalue weighted by atomic mass is 9.78. The molecule has 1 amide bonds. The van der Waals surface area contributed by atoms with E-state index in [1.54, 1.807) is 0 Å². The summed E-state index contributed by atoms with van der Waals surface area (Å²) in [5, 5.41) is 12.0. The van der Waals surface area contributed by atoms with Gasteiger partial charge in [-0.3, -0.25) is 9.59 Å². The van der Waals surface area contributed by atoms with E-state index < -0.39 is 35.3 Å². The second kappa shape index (κ2) is 6.00. The molecule has 4 nitrogen and oxygen atoms in total. The van der Waals surface area contributed by atoms with Crippen LogP contribution in [0.4, 0.5) is 14.5 Å². The number of allylic oxidation sites excluding steroid dienone is 2. The zero-order chi connectivity index (χ0) is 17.6. The summed E-state index contributed by atoms with van der Waals surface area (Å²) in [6, 6.07) is 2.80. The van der Waals surface area contributed by atoms with E-state index in [0.717, 1.165) is 42.2 Å². The second-order valence-corrected chi connectivity index (χ2v) is 6.75. The van der Waals surface area contributed by atoms with Crippen molar-refractivity contribution in [2.75, 3.05) is 5.32 Å². The van der Waals surface area contributed by atoms with Gasteiger partial charge in [-0.05, 0) is 50.7 Å². The highest BCUT2D eigenvalue weighted by Crippen LogP contribution is 2.57. The van der Waals surface area contributed by atoms with Gasteiger partial charge in [0, 0.05) is 6.07 Å². The average Bonchev–Trinajstić information content (AvgIpc) is 3.06. The summed E-state index contributed by atoms with van der Waals surface area (Å²) in [5.74, 6) is -4.84. The molecule has 1 aromatic rings. The summed E-state index contributed by atoms with van der Waals surface area (Å²) in [7, 11) is 0. The number of hydrogen-bond donors (Lipinski definition) is 2. The molecule has 6 heteroatoms. The van der Waals surface area contributed by atoms with Crippen molar-refractivity contribution >= 4 is 17.6 Å². The summed E-state index contributed by atoms with van der Waals surface area (Å²) in [6.45, 7) is 3.85. The third kappa shape index (κ3) is 2.60. The lowest BCUT2D eigenvalue weighted by molar-refractivity contribution is -0.148. The van der Waals surface area contributed by atoms with Gasteiger partial charge in [0.15, 0.2) is 0 Å². The number of hydrogen-bond acceptors (Lipinski definition) is 2. The highest BCUT2D eigenvalue weighted by molar-refractivity contribution is 5.96. The molecule has 2 N–H and O–H groups in total. The first kappa shape index (κ1) is 16.6. The normalized spacial score (nSPS) is 28.1. The third-order valence-electron chi connectivity index (χ3n) is 5.19. The maximum absolute atomic E-state index is 13.8. The van der Waals surface area contributed by atoms with Crippen LogP contribution in [0.1, 0.15) is 26.7 Å². The van der Waals surface area contributed by atoms with E-state index in [1.807, 2.05) is 13.8 Å². The maximum atomic E-state index is 13.8. The number of aliphatic carboxylic acids is 1. The molecule has 0 unspecified atom stereocenters. The number of fused-ring (bicyclic) bond motifs is 2. The van der Waals surface area contributed by atoms with E-state index in [4.69, 9.17) is 0 Å². The molecule has 4 atom stereocenters. The molecule has 3 rings (SSSR count). The number of halogens is 2. The zero-order valence-electron chi connectivity index (χ0n) is 13.5. The van der Waals surface area contributed by atoms with Crippen LogP contribution in [0.3, 0.4) is 0 Å². The van der Waals surface area contributed by atoms with E-state index in [9.17, 15) is 23.5 Å². The van der Waals surface area contributed by atoms with E-state index >= 15 is 0 Å². The van der Waals surface area contributed by atoms with E-state index in [-0.39, 0.29) is 17.5 Å². The van der Waals surface area contributed by atoms with Crippen LogP contribution in [-0.4, -0.2) is 17.0 Å². The fourth-order valence-corrected chi connectivity index (χ4v) is 4.41. The van der Waals surface area contributed by atoms with E-state index in [0.29, 0.717) is 0 Å². The van der Waals surface area contributed by atoms with Gasteiger partial charge in [-0.2, -0.15) is 0 Å². The molecule has 2 aliphatic carbocycles. The molecule has 0 radical (unpaired) electrons. The number of benzene rings is 1. The van der Waals surface area contributed by atoms with Crippen molar-refractivity contribution in [2.24, 2.45) is 23.7 Å². The topological polar surface area (TPSA) is 66.4 Å². The molecule has 0 aliphatic heterocycles. The Morgan fingerprint density at radius 2 is 1.75 bits per heavy atom. The van der Waals surface area contributed by atoms with Gasteiger partial charge in [-0.15, -0.1) is 0 Å². The van der Waals surface area contributed by atoms with Crippen molar-refractivity contribution in [1.29, 1.82) is 0 Å². The molecule has 2 bridgehead atoms. The van der Waals surface area contributed by atoms with Crippen molar-refractivity contribution < 1.29 is 23.5 Å². The summed E-state index contributed by atoms with van der Waals surface area (Å²) >= 11 is 0. The molecule has 1 aromatic carbocycles. The average molecular weight is 335 g/mol. The predicted octanol–water partition coefficient (Wildman–Crippen LogP) is 3.60. The molecular formula is C18H19F2NO3. The van der Waals surface area contributed by atoms with Gasteiger partial charge >= 0.3 is 5.97 Å². The Balaban J connectivity index is 1.92. The SMILES string of the molecule is CC(C)=C1[C@H]2CC[C@H]1[C@@H](C(=O)O)[C@H]2C(=O)Nc1cc(F)ccc1F.